The van der Waals surface area contributed by atoms with Gasteiger partial charge in [-0.25, -0.2) is 0 Å². The third-order valence-corrected chi connectivity index (χ3v) is 2.66. The molecule has 0 amide bonds. The fraction of sp³-hybridized carbons (Fsp3) is 0.125. The molecule has 3 nitrogen and oxygen atoms in total. The van der Waals surface area contributed by atoms with E-state index in [1.165, 1.54) is 11.3 Å². The smallest absolute Gasteiger partial charge is 0.168 e. The maximum atomic E-state index is 8.76. The Morgan fingerprint density at radius 3 is 2.92 bits per heavy atom. The van der Waals surface area contributed by atoms with Crippen LogP contribution in [-0.2, 0) is 6.61 Å². The fourth-order valence-corrected chi connectivity index (χ4v) is 1.83. The topological polar surface area (TPSA) is 46.3 Å². The van der Waals surface area contributed by atoms with Gasteiger partial charge >= 0.3 is 0 Å². The van der Waals surface area contributed by atoms with E-state index >= 15 is 0 Å². The van der Waals surface area contributed by atoms with Gasteiger partial charge in [-0.2, -0.15) is 0 Å². The average molecular weight is 216 g/mol. The van der Waals surface area contributed by atoms with E-state index < -0.39 is 0 Å². The summed E-state index contributed by atoms with van der Waals surface area (Å²) in [5, 5.41) is 14.3. The second-order valence-corrected chi connectivity index (χ2v) is 4.02. The Bertz CT molecular complexity index is 410. The van der Waals surface area contributed by atoms with Gasteiger partial charge < -0.3 is 9.63 Å². The van der Waals surface area contributed by atoms with Gasteiger partial charge in [-0.05, 0) is 6.07 Å². The molecule has 0 bridgehead atoms. The summed E-state index contributed by atoms with van der Waals surface area (Å²) in [6.07, 6.45) is 0. The highest BCUT2D eigenvalue weighted by atomic mass is 35.5. The Balaban J connectivity index is 2.35. The maximum Gasteiger partial charge on any atom is 0.168 e. The van der Waals surface area contributed by atoms with Crippen molar-refractivity contribution < 1.29 is 9.63 Å². The number of hydrogen-bond donors (Lipinski definition) is 1. The molecule has 5 heteroatoms. The minimum atomic E-state index is -0.110. The van der Waals surface area contributed by atoms with Gasteiger partial charge in [0.1, 0.15) is 5.69 Å². The highest BCUT2D eigenvalue weighted by molar-refractivity contribution is 7.14. The summed E-state index contributed by atoms with van der Waals surface area (Å²) in [5.41, 5.74) is 1.42. The number of aromatic nitrogens is 1. The molecule has 2 aromatic rings. The lowest BCUT2D eigenvalue weighted by atomic mass is 10.2. The van der Waals surface area contributed by atoms with E-state index in [9.17, 15) is 0 Å². The van der Waals surface area contributed by atoms with Crippen LogP contribution in [0.5, 0.6) is 0 Å². The molecule has 13 heavy (non-hydrogen) atoms. The minimum Gasteiger partial charge on any atom is -0.390 e. The van der Waals surface area contributed by atoms with E-state index in [1.807, 2.05) is 5.38 Å². The fourth-order valence-electron chi connectivity index (χ4n) is 0.962. The first-order valence-electron chi connectivity index (χ1n) is 3.60. The summed E-state index contributed by atoms with van der Waals surface area (Å²) in [6.45, 7) is -0.110. The van der Waals surface area contributed by atoms with Gasteiger partial charge in [-0.15, -0.1) is 11.3 Å². The van der Waals surface area contributed by atoms with Gasteiger partial charge in [0, 0.05) is 17.0 Å². The number of rotatable bonds is 2. The van der Waals surface area contributed by atoms with Crippen LogP contribution in [0.15, 0.2) is 22.0 Å². The lowest BCUT2D eigenvalue weighted by Crippen LogP contribution is -1.78. The monoisotopic (exact) mass is 215 g/mol. The van der Waals surface area contributed by atoms with E-state index in [0.29, 0.717) is 15.8 Å². The molecule has 0 saturated carbocycles. The second-order valence-electron chi connectivity index (χ2n) is 2.48. The molecular formula is C8H6ClNO2S. The van der Waals surface area contributed by atoms with Crippen molar-refractivity contribution in [2.24, 2.45) is 0 Å². The first-order valence-corrected chi connectivity index (χ1v) is 4.86. The standard InChI is InChI=1S/C8H6ClNO2S/c9-8-1-5(4-13-8)7-2-6(3-11)10-12-7/h1-2,4,11H,3H2. The molecule has 0 saturated heterocycles. The molecule has 0 aliphatic heterocycles. The summed E-state index contributed by atoms with van der Waals surface area (Å²) in [5.74, 6) is 0.632. The Hall–Kier alpha value is -0.840. The molecule has 0 radical (unpaired) electrons. The van der Waals surface area contributed by atoms with Crippen molar-refractivity contribution in [3.8, 4) is 11.3 Å². The van der Waals surface area contributed by atoms with Gasteiger partial charge in [0.05, 0.1) is 10.9 Å². The van der Waals surface area contributed by atoms with Crippen molar-refractivity contribution in [1.82, 2.24) is 5.16 Å². The zero-order valence-corrected chi connectivity index (χ0v) is 8.10. The molecule has 0 fully saturated rings. The third kappa shape index (κ3) is 1.75. The summed E-state index contributed by atoms with van der Waals surface area (Å²) in [6, 6.07) is 3.49. The Morgan fingerprint density at radius 2 is 2.38 bits per heavy atom. The van der Waals surface area contributed by atoms with Crippen LogP contribution in [0, 0.1) is 0 Å². The van der Waals surface area contributed by atoms with Crippen LogP contribution in [-0.4, -0.2) is 10.3 Å². The number of thiophene rings is 1. The lowest BCUT2D eigenvalue weighted by Gasteiger charge is -1.83. The van der Waals surface area contributed by atoms with Crippen molar-refractivity contribution in [1.29, 1.82) is 0 Å². The number of aliphatic hydroxyl groups is 1. The molecule has 1 N–H and O–H groups in total. The van der Waals surface area contributed by atoms with E-state index in [-0.39, 0.29) is 6.61 Å². The number of nitrogens with zero attached hydrogens (tertiary/aromatic N) is 1. The van der Waals surface area contributed by atoms with Crippen LogP contribution in [0.4, 0.5) is 0 Å². The molecule has 0 unspecified atom stereocenters. The molecule has 0 aliphatic carbocycles. The van der Waals surface area contributed by atoms with Crippen LogP contribution in [0.25, 0.3) is 11.3 Å². The van der Waals surface area contributed by atoms with Crippen molar-refractivity contribution in [2.75, 3.05) is 0 Å². The summed E-state index contributed by atoms with van der Waals surface area (Å²) in [4.78, 5) is 0. The van der Waals surface area contributed by atoms with Crippen molar-refractivity contribution in [3.05, 3.63) is 27.5 Å². The summed E-state index contributed by atoms with van der Waals surface area (Å²) in [7, 11) is 0. The van der Waals surface area contributed by atoms with Crippen LogP contribution in [0.2, 0.25) is 4.34 Å². The first-order chi connectivity index (χ1) is 6.29. The van der Waals surface area contributed by atoms with Gasteiger partial charge in [-0.3, -0.25) is 0 Å². The highest BCUT2D eigenvalue weighted by Gasteiger charge is 2.07. The van der Waals surface area contributed by atoms with Gasteiger partial charge in [0.25, 0.3) is 0 Å². The quantitative estimate of drug-likeness (QED) is 0.838. The maximum absolute atomic E-state index is 8.76. The van der Waals surface area contributed by atoms with Crippen molar-refractivity contribution >= 4 is 22.9 Å². The predicted molar refractivity (Wildman–Crippen MR) is 50.7 cm³/mol. The SMILES string of the molecule is OCc1cc(-c2csc(Cl)c2)on1. The predicted octanol–water partition coefficient (Wildman–Crippen LogP) is 2.55. The van der Waals surface area contributed by atoms with Crippen LogP contribution < -0.4 is 0 Å². The number of hydrogen-bond acceptors (Lipinski definition) is 4. The van der Waals surface area contributed by atoms with E-state index in [0.717, 1.165) is 5.56 Å². The average Bonchev–Trinajstić information content (AvgIpc) is 2.71. The van der Waals surface area contributed by atoms with Crippen molar-refractivity contribution in [3.63, 3.8) is 0 Å². The van der Waals surface area contributed by atoms with Gasteiger partial charge in [0.2, 0.25) is 0 Å². The Labute approximate surface area is 83.6 Å². The molecule has 0 atom stereocenters. The lowest BCUT2D eigenvalue weighted by molar-refractivity contribution is 0.267. The van der Waals surface area contributed by atoms with Gasteiger partial charge in [-0.1, -0.05) is 16.8 Å². The second kappa shape index (κ2) is 3.49. The Kier molecular flexibility index (Phi) is 2.35. The minimum absolute atomic E-state index is 0.110. The summed E-state index contributed by atoms with van der Waals surface area (Å²) < 4.78 is 5.70. The Morgan fingerprint density at radius 1 is 1.54 bits per heavy atom. The van der Waals surface area contributed by atoms with Crippen LogP contribution >= 0.6 is 22.9 Å². The molecule has 2 rings (SSSR count). The summed E-state index contributed by atoms with van der Waals surface area (Å²) >= 11 is 7.19. The van der Waals surface area contributed by atoms with Crippen molar-refractivity contribution in [2.45, 2.75) is 6.61 Å². The molecule has 0 aromatic carbocycles. The molecule has 2 aromatic heterocycles. The molecule has 68 valence electrons. The molecule has 0 aliphatic rings. The molecule has 2 heterocycles. The van der Waals surface area contributed by atoms with Crippen LogP contribution in [0.1, 0.15) is 5.69 Å². The highest BCUT2D eigenvalue weighted by Crippen LogP contribution is 2.28. The first kappa shape index (κ1) is 8.74. The van der Waals surface area contributed by atoms with E-state index in [1.54, 1.807) is 12.1 Å². The van der Waals surface area contributed by atoms with E-state index in [4.69, 9.17) is 21.2 Å². The number of halogens is 1. The van der Waals surface area contributed by atoms with Crippen LogP contribution in [0.3, 0.4) is 0 Å². The van der Waals surface area contributed by atoms with Gasteiger partial charge in [0.15, 0.2) is 5.76 Å². The largest absolute Gasteiger partial charge is 0.390 e. The number of aliphatic hydroxyl groups excluding tert-OH is 1. The normalized spacial score (nSPS) is 10.6. The van der Waals surface area contributed by atoms with E-state index in [2.05, 4.69) is 5.16 Å². The molecule has 0 spiro atoms. The zero-order valence-electron chi connectivity index (χ0n) is 6.53. The zero-order chi connectivity index (χ0) is 9.26. The third-order valence-electron chi connectivity index (χ3n) is 1.57. The molecular weight excluding hydrogens is 210 g/mol.